The monoisotopic (exact) mass is 341 g/mol. The second kappa shape index (κ2) is 6.80. The van der Waals surface area contributed by atoms with Crippen LogP contribution in [0.1, 0.15) is 17.3 Å². The van der Waals surface area contributed by atoms with Crippen LogP contribution in [0.15, 0.2) is 47.8 Å². The first-order chi connectivity index (χ1) is 11.6. The minimum Gasteiger partial charge on any atom is -0.466 e. The molecule has 0 amide bonds. The van der Waals surface area contributed by atoms with E-state index in [2.05, 4.69) is 9.72 Å². The molecule has 0 saturated carbocycles. The Kier molecular flexibility index (Phi) is 4.57. The third kappa shape index (κ3) is 3.14. The fraction of sp³-hybridized carbons (Fsp3) is 0.167. The van der Waals surface area contributed by atoms with Crippen molar-refractivity contribution in [3.63, 3.8) is 0 Å². The van der Waals surface area contributed by atoms with Crippen molar-refractivity contribution in [3.05, 3.63) is 53.4 Å². The van der Waals surface area contributed by atoms with E-state index >= 15 is 0 Å². The molecule has 0 fully saturated rings. The molecule has 5 nitrogen and oxygen atoms in total. The lowest BCUT2D eigenvalue weighted by Crippen LogP contribution is -2.25. The third-order valence-corrected chi connectivity index (χ3v) is 4.42. The molecule has 24 heavy (non-hydrogen) atoms. The number of esters is 2. The number of rotatable bonds is 4. The predicted octanol–water partition coefficient (Wildman–Crippen LogP) is 3.68. The predicted molar refractivity (Wildman–Crippen MR) is 91.9 cm³/mol. The van der Waals surface area contributed by atoms with Crippen LogP contribution in [0.25, 0.3) is 21.5 Å². The molecule has 0 N–H and O–H groups in total. The molecular formula is C18H15NO4S. The van der Waals surface area contributed by atoms with Gasteiger partial charge in [0.15, 0.2) is 6.10 Å². The van der Waals surface area contributed by atoms with E-state index in [9.17, 15) is 9.59 Å². The first-order valence-electron chi connectivity index (χ1n) is 7.32. The van der Waals surface area contributed by atoms with Crippen LogP contribution < -0.4 is 0 Å². The molecule has 1 atom stereocenters. The van der Waals surface area contributed by atoms with Crippen LogP contribution in [0.2, 0.25) is 0 Å². The lowest BCUT2D eigenvalue weighted by molar-refractivity contribution is -0.149. The van der Waals surface area contributed by atoms with Gasteiger partial charge in [-0.05, 0) is 30.5 Å². The van der Waals surface area contributed by atoms with Gasteiger partial charge in [-0.2, -0.15) is 0 Å². The summed E-state index contributed by atoms with van der Waals surface area (Å²) in [7, 11) is 1.25. The maximum atomic E-state index is 12.6. The van der Waals surface area contributed by atoms with Crippen molar-refractivity contribution in [2.75, 3.05) is 7.11 Å². The summed E-state index contributed by atoms with van der Waals surface area (Å²) in [4.78, 5) is 29.6. The minimum atomic E-state index is -0.973. The average molecular weight is 341 g/mol. The number of para-hydroxylation sites is 1. The van der Waals surface area contributed by atoms with E-state index in [1.54, 1.807) is 12.1 Å². The number of carbonyl (C=O) groups excluding carboxylic acids is 2. The minimum absolute atomic E-state index is 0.375. The van der Waals surface area contributed by atoms with Crippen LogP contribution in [0, 0.1) is 0 Å². The zero-order chi connectivity index (χ0) is 17.1. The fourth-order valence-corrected chi connectivity index (χ4v) is 3.02. The van der Waals surface area contributed by atoms with Gasteiger partial charge in [-0.1, -0.05) is 24.3 Å². The van der Waals surface area contributed by atoms with Gasteiger partial charge in [-0.15, -0.1) is 11.3 Å². The van der Waals surface area contributed by atoms with Crippen LogP contribution in [0.5, 0.6) is 0 Å². The van der Waals surface area contributed by atoms with E-state index in [0.29, 0.717) is 22.2 Å². The number of methoxy groups -OCH3 is 1. The molecule has 0 aliphatic rings. The molecule has 1 aromatic carbocycles. The number of benzene rings is 1. The standard InChI is InChI=1S/C18H15NO4S/c1-11(17(20)22-2)23-18(21)13-10-15(16-8-5-9-24-16)19-14-7-4-3-6-12(13)14/h3-11H,1-2H3. The Bertz CT molecular complexity index is 889. The highest BCUT2D eigenvalue weighted by Gasteiger charge is 2.22. The summed E-state index contributed by atoms with van der Waals surface area (Å²) in [5.74, 6) is -1.18. The van der Waals surface area contributed by atoms with Crippen LogP contribution in [-0.4, -0.2) is 30.1 Å². The zero-order valence-corrected chi connectivity index (χ0v) is 14.0. The quantitative estimate of drug-likeness (QED) is 0.677. The van der Waals surface area contributed by atoms with Gasteiger partial charge in [0.25, 0.3) is 0 Å². The Morgan fingerprint density at radius 1 is 1.17 bits per heavy atom. The Morgan fingerprint density at radius 3 is 2.67 bits per heavy atom. The van der Waals surface area contributed by atoms with E-state index in [-0.39, 0.29) is 0 Å². The smallest absolute Gasteiger partial charge is 0.346 e. The second-order valence-corrected chi connectivity index (χ2v) is 6.07. The number of hydrogen-bond donors (Lipinski definition) is 0. The molecule has 122 valence electrons. The van der Waals surface area contributed by atoms with Crippen molar-refractivity contribution in [3.8, 4) is 10.6 Å². The number of aromatic nitrogens is 1. The maximum Gasteiger partial charge on any atom is 0.346 e. The van der Waals surface area contributed by atoms with Crippen molar-refractivity contribution in [1.29, 1.82) is 0 Å². The summed E-state index contributed by atoms with van der Waals surface area (Å²) in [6, 6.07) is 12.9. The van der Waals surface area contributed by atoms with E-state index in [1.165, 1.54) is 25.4 Å². The van der Waals surface area contributed by atoms with Gasteiger partial charge in [0, 0.05) is 5.39 Å². The van der Waals surface area contributed by atoms with Gasteiger partial charge in [0.1, 0.15) is 0 Å². The number of ether oxygens (including phenoxy) is 2. The van der Waals surface area contributed by atoms with E-state index in [1.807, 2.05) is 35.7 Å². The van der Waals surface area contributed by atoms with Crippen molar-refractivity contribution in [2.45, 2.75) is 13.0 Å². The lowest BCUT2D eigenvalue weighted by Gasteiger charge is -2.13. The topological polar surface area (TPSA) is 65.5 Å². The summed E-state index contributed by atoms with van der Waals surface area (Å²) in [6.45, 7) is 1.48. The molecule has 0 radical (unpaired) electrons. The molecule has 6 heteroatoms. The normalized spacial score (nSPS) is 11.9. The van der Waals surface area contributed by atoms with Gasteiger partial charge in [0.2, 0.25) is 0 Å². The first-order valence-corrected chi connectivity index (χ1v) is 8.20. The largest absolute Gasteiger partial charge is 0.466 e. The average Bonchev–Trinajstić information content (AvgIpc) is 3.14. The highest BCUT2D eigenvalue weighted by atomic mass is 32.1. The maximum absolute atomic E-state index is 12.6. The molecule has 2 heterocycles. The van der Waals surface area contributed by atoms with Gasteiger partial charge < -0.3 is 9.47 Å². The second-order valence-electron chi connectivity index (χ2n) is 5.12. The lowest BCUT2D eigenvalue weighted by atomic mass is 10.1. The summed E-state index contributed by atoms with van der Waals surface area (Å²) in [6.07, 6.45) is -0.973. The van der Waals surface area contributed by atoms with E-state index in [0.717, 1.165) is 4.88 Å². The van der Waals surface area contributed by atoms with Gasteiger partial charge in [-0.3, -0.25) is 0 Å². The molecule has 3 aromatic rings. The van der Waals surface area contributed by atoms with Crippen molar-refractivity contribution in [1.82, 2.24) is 4.98 Å². The Hall–Kier alpha value is -2.73. The van der Waals surface area contributed by atoms with Crippen LogP contribution in [-0.2, 0) is 14.3 Å². The number of fused-ring (bicyclic) bond motifs is 1. The summed E-state index contributed by atoms with van der Waals surface area (Å²) in [5.41, 5.74) is 1.77. The highest BCUT2D eigenvalue weighted by Crippen LogP contribution is 2.28. The van der Waals surface area contributed by atoms with E-state index < -0.39 is 18.0 Å². The molecule has 2 aromatic heterocycles. The molecule has 1 unspecified atom stereocenters. The van der Waals surface area contributed by atoms with Crippen LogP contribution in [0.3, 0.4) is 0 Å². The molecule has 0 aliphatic carbocycles. The number of pyridine rings is 1. The molecule has 0 aliphatic heterocycles. The third-order valence-electron chi connectivity index (χ3n) is 3.53. The Labute approximate surface area is 142 Å². The van der Waals surface area contributed by atoms with Crippen molar-refractivity contribution >= 4 is 34.2 Å². The number of thiophene rings is 1. The molecule has 0 bridgehead atoms. The van der Waals surface area contributed by atoms with Crippen LogP contribution >= 0.6 is 11.3 Å². The summed E-state index contributed by atoms with van der Waals surface area (Å²) >= 11 is 1.54. The number of carbonyl (C=O) groups is 2. The Morgan fingerprint density at radius 2 is 1.96 bits per heavy atom. The van der Waals surface area contributed by atoms with Gasteiger partial charge in [0.05, 0.1) is 28.8 Å². The molecule has 0 spiro atoms. The number of nitrogens with zero attached hydrogens (tertiary/aromatic N) is 1. The molecular weight excluding hydrogens is 326 g/mol. The summed E-state index contributed by atoms with van der Waals surface area (Å²) in [5, 5.41) is 2.63. The van der Waals surface area contributed by atoms with E-state index in [4.69, 9.17) is 4.74 Å². The highest BCUT2D eigenvalue weighted by molar-refractivity contribution is 7.13. The van der Waals surface area contributed by atoms with Gasteiger partial charge in [-0.25, -0.2) is 14.6 Å². The van der Waals surface area contributed by atoms with Crippen molar-refractivity contribution < 1.29 is 19.1 Å². The van der Waals surface area contributed by atoms with Crippen LogP contribution in [0.4, 0.5) is 0 Å². The summed E-state index contributed by atoms with van der Waals surface area (Å²) < 4.78 is 9.82. The SMILES string of the molecule is COC(=O)C(C)OC(=O)c1cc(-c2cccs2)nc2ccccc12. The van der Waals surface area contributed by atoms with Gasteiger partial charge >= 0.3 is 11.9 Å². The number of hydrogen-bond acceptors (Lipinski definition) is 6. The van der Waals surface area contributed by atoms with Crippen molar-refractivity contribution in [2.24, 2.45) is 0 Å². The Balaban J connectivity index is 2.05. The first kappa shape index (κ1) is 16.1. The zero-order valence-electron chi connectivity index (χ0n) is 13.2. The fourth-order valence-electron chi connectivity index (χ4n) is 2.33. The molecule has 0 saturated heterocycles. The molecule has 3 rings (SSSR count).